The van der Waals surface area contributed by atoms with Gasteiger partial charge in [-0.2, -0.15) is 5.10 Å². The molecule has 1 aromatic carbocycles. The number of para-hydroxylation sites is 1. The van der Waals surface area contributed by atoms with Crippen molar-refractivity contribution in [3.8, 4) is 0 Å². The SMILES string of the molecule is CCn1nc(C(=O)Nc2cc3ccccc3oc2=O)ccc1=O. The van der Waals surface area contributed by atoms with Crippen LogP contribution in [0.2, 0.25) is 0 Å². The fourth-order valence-electron chi connectivity index (χ4n) is 2.13. The number of fused-ring (bicyclic) bond motifs is 1. The number of carbonyl (C=O) groups is 1. The van der Waals surface area contributed by atoms with Gasteiger partial charge in [-0.1, -0.05) is 18.2 Å². The molecule has 7 heteroatoms. The molecule has 7 nitrogen and oxygen atoms in total. The normalized spacial score (nSPS) is 10.7. The van der Waals surface area contributed by atoms with Crippen LogP contribution < -0.4 is 16.5 Å². The summed E-state index contributed by atoms with van der Waals surface area (Å²) in [6.07, 6.45) is 0. The van der Waals surface area contributed by atoms with Gasteiger partial charge in [0.15, 0.2) is 0 Å². The first kappa shape index (κ1) is 14.7. The summed E-state index contributed by atoms with van der Waals surface area (Å²) in [5.74, 6) is -0.588. The molecule has 2 aromatic heterocycles. The van der Waals surface area contributed by atoms with Crippen molar-refractivity contribution in [3.63, 3.8) is 0 Å². The molecule has 0 aliphatic carbocycles. The summed E-state index contributed by atoms with van der Waals surface area (Å²) in [6, 6.07) is 11.1. The lowest BCUT2D eigenvalue weighted by molar-refractivity contribution is 0.101. The minimum absolute atomic E-state index is 0.0183. The zero-order valence-corrected chi connectivity index (χ0v) is 12.3. The molecule has 0 fully saturated rings. The van der Waals surface area contributed by atoms with Gasteiger partial charge in [0.25, 0.3) is 11.5 Å². The molecule has 3 rings (SSSR count). The van der Waals surface area contributed by atoms with Gasteiger partial charge in [-0.3, -0.25) is 9.59 Å². The van der Waals surface area contributed by atoms with Crippen LogP contribution in [0.3, 0.4) is 0 Å². The zero-order valence-electron chi connectivity index (χ0n) is 12.3. The Kier molecular flexibility index (Phi) is 3.76. The molecule has 0 spiro atoms. The van der Waals surface area contributed by atoms with Gasteiger partial charge in [0, 0.05) is 18.0 Å². The second-order valence-electron chi connectivity index (χ2n) is 4.81. The fraction of sp³-hybridized carbons (Fsp3) is 0.125. The third kappa shape index (κ3) is 2.89. The summed E-state index contributed by atoms with van der Waals surface area (Å²) >= 11 is 0. The van der Waals surface area contributed by atoms with Gasteiger partial charge in [-0.05, 0) is 25.1 Å². The first-order valence-electron chi connectivity index (χ1n) is 7.01. The predicted molar refractivity (Wildman–Crippen MR) is 84.6 cm³/mol. The number of anilines is 1. The maximum absolute atomic E-state index is 12.2. The Morgan fingerprint density at radius 3 is 2.78 bits per heavy atom. The van der Waals surface area contributed by atoms with Crippen molar-refractivity contribution in [2.45, 2.75) is 13.5 Å². The average molecular weight is 311 g/mol. The average Bonchev–Trinajstić information content (AvgIpc) is 2.56. The van der Waals surface area contributed by atoms with Gasteiger partial charge >= 0.3 is 5.63 Å². The summed E-state index contributed by atoms with van der Waals surface area (Å²) < 4.78 is 6.31. The Morgan fingerprint density at radius 2 is 2.00 bits per heavy atom. The van der Waals surface area contributed by atoms with Crippen LogP contribution in [-0.2, 0) is 6.54 Å². The van der Waals surface area contributed by atoms with Crippen LogP contribution in [0.1, 0.15) is 17.4 Å². The Labute approximate surface area is 130 Å². The van der Waals surface area contributed by atoms with Gasteiger partial charge in [0.1, 0.15) is 17.0 Å². The molecule has 0 bridgehead atoms. The van der Waals surface area contributed by atoms with E-state index in [2.05, 4.69) is 10.4 Å². The highest BCUT2D eigenvalue weighted by atomic mass is 16.4. The summed E-state index contributed by atoms with van der Waals surface area (Å²) in [6.45, 7) is 2.09. The van der Waals surface area contributed by atoms with Crippen LogP contribution in [0.5, 0.6) is 0 Å². The van der Waals surface area contributed by atoms with E-state index in [1.54, 1.807) is 31.2 Å². The number of nitrogens with one attached hydrogen (secondary N) is 1. The molecule has 0 radical (unpaired) electrons. The van der Waals surface area contributed by atoms with Crippen LogP contribution in [0.25, 0.3) is 11.0 Å². The number of aromatic nitrogens is 2. The van der Waals surface area contributed by atoms with E-state index in [4.69, 9.17) is 4.42 Å². The molecule has 0 saturated heterocycles. The number of rotatable bonds is 3. The van der Waals surface area contributed by atoms with Crippen molar-refractivity contribution in [1.82, 2.24) is 9.78 Å². The largest absolute Gasteiger partial charge is 0.421 e. The molecule has 1 N–H and O–H groups in total. The molecular formula is C16H13N3O4. The quantitative estimate of drug-likeness (QED) is 0.742. The van der Waals surface area contributed by atoms with E-state index in [0.29, 0.717) is 17.5 Å². The summed E-state index contributed by atoms with van der Waals surface area (Å²) in [4.78, 5) is 35.6. The molecule has 0 unspecified atom stereocenters. The molecule has 23 heavy (non-hydrogen) atoms. The summed E-state index contributed by atoms with van der Waals surface area (Å²) in [7, 11) is 0. The maximum Gasteiger partial charge on any atom is 0.360 e. The van der Waals surface area contributed by atoms with Gasteiger partial charge in [-0.15, -0.1) is 0 Å². The number of carbonyl (C=O) groups excluding carboxylic acids is 1. The molecule has 0 saturated carbocycles. The van der Waals surface area contributed by atoms with E-state index in [9.17, 15) is 14.4 Å². The maximum atomic E-state index is 12.2. The smallest absolute Gasteiger partial charge is 0.360 e. The summed E-state index contributed by atoms with van der Waals surface area (Å²) in [5.41, 5.74) is -0.452. The van der Waals surface area contributed by atoms with E-state index in [0.717, 1.165) is 4.68 Å². The van der Waals surface area contributed by atoms with Crippen molar-refractivity contribution in [1.29, 1.82) is 0 Å². The lowest BCUT2D eigenvalue weighted by Crippen LogP contribution is -2.26. The van der Waals surface area contributed by atoms with Gasteiger partial charge in [0.2, 0.25) is 0 Å². The Bertz CT molecular complexity index is 1000. The molecule has 116 valence electrons. The highest BCUT2D eigenvalue weighted by molar-refractivity contribution is 6.03. The van der Waals surface area contributed by atoms with Crippen molar-refractivity contribution < 1.29 is 9.21 Å². The highest BCUT2D eigenvalue weighted by Crippen LogP contribution is 2.15. The van der Waals surface area contributed by atoms with E-state index < -0.39 is 11.5 Å². The third-order valence-corrected chi connectivity index (χ3v) is 3.29. The Balaban J connectivity index is 1.95. The minimum atomic E-state index is -0.652. The first-order chi connectivity index (χ1) is 11.1. The topological polar surface area (TPSA) is 94.2 Å². The van der Waals surface area contributed by atoms with E-state index in [-0.39, 0.29) is 16.9 Å². The fourth-order valence-corrected chi connectivity index (χ4v) is 2.13. The van der Waals surface area contributed by atoms with Gasteiger partial charge in [0.05, 0.1) is 0 Å². The zero-order chi connectivity index (χ0) is 16.4. The molecule has 0 aliphatic rings. The monoisotopic (exact) mass is 311 g/mol. The lowest BCUT2D eigenvalue weighted by Gasteiger charge is -2.06. The molecule has 1 amide bonds. The number of hydrogen-bond acceptors (Lipinski definition) is 5. The Morgan fingerprint density at radius 1 is 1.22 bits per heavy atom. The van der Waals surface area contributed by atoms with Gasteiger partial charge < -0.3 is 9.73 Å². The van der Waals surface area contributed by atoms with Crippen LogP contribution in [0.4, 0.5) is 5.69 Å². The number of nitrogens with zero attached hydrogens (tertiary/aromatic N) is 2. The number of benzene rings is 1. The van der Waals surface area contributed by atoms with Crippen LogP contribution in [0, 0.1) is 0 Å². The standard InChI is InChI=1S/C16H13N3O4/c1-2-19-14(20)8-7-11(18-19)15(21)17-12-9-10-5-3-4-6-13(10)23-16(12)22/h3-9H,2H2,1H3,(H,17,21). The number of aryl methyl sites for hydroxylation is 1. The molecule has 0 aliphatic heterocycles. The van der Waals surface area contributed by atoms with Crippen molar-refractivity contribution >= 4 is 22.6 Å². The Hall–Kier alpha value is -3.22. The van der Waals surface area contributed by atoms with Crippen molar-refractivity contribution in [2.24, 2.45) is 0 Å². The van der Waals surface area contributed by atoms with E-state index in [1.807, 2.05) is 0 Å². The van der Waals surface area contributed by atoms with Crippen molar-refractivity contribution in [2.75, 3.05) is 5.32 Å². The van der Waals surface area contributed by atoms with Crippen LogP contribution in [0.15, 0.2) is 56.5 Å². The molecule has 3 aromatic rings. The van der Waals surface area contributed by atoms with Crippen molar-refractivity contribution in [3.05, 3.63) is 68.9 Å². The number of hydrogen-bond donors (Lipinski definition) is 1. The summed E-state index contributed by atoms with van der Waals surface area (Å²) in [5, 5.41) is 7.09. The van der Waals surface area contributed by atoms with Crippen LogP contribution in [-0.4, -0.2) is 15.7 Å². The molecule has 0 atom stereocenters. The second kappa shape index (κ2) is 5.88. The number of amides is 1. The highest BCUT2D eigenvalue weighted by Gasteiger charge is 2.13. The predicted octanol–water partition coefficient (Wildman–Crippen LogP) is 1.62. The van der Waals surface area contributed by atoms with Gasteiger partial charge in [-0.25, -0.2) is 9.48 Å². The first-order valence-corrected chi connectivity index (χ1v) is 7.01. The lowest BCUT2D eigenvalue weighted by atomic mass is 10.2. The molecule has 2 heterocycles. The van der Waals surface area contributed by atoms with Crippen LogP contribution >= 0.6 is 0 Å². The third-order valence-electron chi connectivity index (χ3n) is 3.29. The minimum Gasteiger partial charge on any atom is -0.421 e. The van der Waals surface area contributed by atoms with E-state index >= 15 is 0 Å². The second-order valence-corrected chi connectivity index (χ2v) is 4.81. The van der Waals surface area contributed by atoms with E-state index in [1.165, 1.54) is 18.2 Å². The molecular weight excluding hydrogens is 298 g/mol.